The molecule has 0 bridgehead atoms. The molecule has 0 aliphatic rings. The van der Waals surface area contributed by atoms with Gasteiger partial charge in [0, 0.05) is 5.69 Å². The number of nitrogens with one attached hydrogen (secondary N) is 1. The smallest absolute Gasteiger partial charge is 0.325 e. The normalized spacial score (nSPS) is 9.80. The van der Waals surface area contributed by atoms with Crippen LogP contribution in [0.1, 0.15) is 12.5 Å². The second-order valence-electron chi connectivity index (χ2n) is 3.12. The van der Waals surface area contributed by atoms with E-state index in [1.54, 1.807) is 26.0 Å². The maximum Gasteiger partial charge on any atom is 0.325 e. The molecule has 0 aliphatic carbocycles. The molecule has 0 amide bonds. The van der Waals surface area contributed by atoms with Crippen molar-refractivity contribution in [2.24, 2.45) is 0 Å². The molecule has 1 aromatic carbocycles. The van der Waals surface area contributed by atoms with Gasteiger partial charge in [-0.3, -0.25) is 4.79 Å². The van der Waals surface area contributed by atoms with Crippen LogP contribution in [0.25, 0.3) is 0 Å². The summed E-state index contributed by atoms with van der Waals surface area (Å²) < 4.78 is 17.8. The Morgan fingerprint density at radius 3 is 2.87 bits per heavy atom. The molecule has 0 aromatic heterocycles. The Morgan fingerprint density at radius 1 is 1.53 bits per heavy atom. The van der Waals surface area contributed by atoms with Crippen LogP contribution in [0.3, 0.4) is 0 Å². The minimum Gasteiger partial charge on any atom is -0.465 e. The third-order valence-corrected chi connectivity index (χ3v) is 1.91. The van der Waals surface area contributed by atoms with Crippen LogP contribution in [-0.4, -0.2) is 19.1 Å². The average molecular weight is 211 g/mol. The summed E-state index contributed by atoms with van der Waals surface area (Å²) in [4.78, 5) is 11.0. The van der Waals surface area contributed by atoms with E-state index >= 15 is 0 Å². The topological polar surface area (TPSA) is 38.3 Å². The van der Waals surface area contributed by atoms with Gasteiger partial charge in [0.1, 0.15) is 12.4 Å². The fraction of sp³-hybridized carbons (Fsp3) is 0.364. The highest BCUT2D eigenvalue weighted by Gasteiger charge is 2.02. The molecular formula is C11H14FNO2. The molecule has 1 aromatic rings. The molecule has 0 aliphatic heterocycles. The van der Waals surface area contributed by atoms with E-state index in [1.165, 1.54) is 6.07 Å². The lowest BCUT2D eigenvalue weighted by Crippen LogP contribution is -2.16. The minimum absolute atomic E-state index is 0.0519. The number of anilines is 1. The van der Waals surface area contributed by atoms with Crippen molar-refractivity contribution in [3.8, 4) is 0 Å². The fourth-order valence-electron chi connectivity index (χ4n) is 1.09. The van der Waals surface area contributed by atoms with Gasteiger partial charge in [0.25, 0.3) is 0 Å². The molecular weight excluding hydrogens is 197 g/mol. The van der Waals surface area contributed by atoms with E-state index in [-0.39, 0.29) is 18.3 Å². The molecule has 15 heavy (non-hydrogen) atoms. The molecule has 82 valence electrons. The molecule has 0 radical (unpaired) electrons. The number of rotatable bonds is 4. The van der Waals surface area contributed by atoms with Gasteiger partial charge < -0.3 is 10.1 Å². The molecule has 0 unspecified atom stereocenters. The van der Waals surface area contributed by atoms with Crippen LogP contribution in [0.4, 0.5) is 10.1 Å². The van der Waals surface area contributed by atoms with E-state index in [0.29, 0.717) is 17.9 Å². The quantitative estimate of drug-likeness (QED) is 0.775. The lowest BCUT2D eigenvalue weighted by molar-refractivity contribution is -0.140. The molecule has 0 fully saturated rings. The second-order valence-corrected chi connectivity index (χ2v) is 3.12. The Bertz CT molecular complexity index is 352. The SMILES string of the molecule is CCOC(=O)CNc1ccc(C)c(F)c1. The van der Waals surface area contributed by atoms with Crippen LogP contribution in [0, 0.1) is 12.7 Å². The highest BCUT2D eigenvalue weighted by Crippen LogP contribution is 2.12. The Hall–Kier alpha value is -1.58. The average Bonchev–Trinajstić information content (AvgIpc) is 2.20. The summed E-state index contributed by atoms with van der Waals surface area (Å²) >= 11 is 0. The first-order chi connectivity index (χ1) is 7.13. The number of aryl methyl sites for hydroxylation is 1. The first-order valence-corrected chi connectivity index (χ1v) is 4.79. The number of halogens is 1. The van der Waals surface area contributed by atoms with Crippen LogP contribution in [-0.2, 0) is 9.53 Å². The number of benzene rings is 1. The maximum absolute atomic E-state index is 13.1. The lowest BCUT2D eigenvalue weighted by Gasteiger charge is -2.06. The van der Waals surface area contributed by atoms with Crippen LogP contribution in [0.5, 0.6) is 0 Å². The highest BCUT2D eigenvalue weighted by molar-refractivity contribution is 5.74. The predicted molar refractivity (Wildman–Crippen MR) is 56.3 cm³/mol. The summed E-state index contributed by atoms with van der Waals surface area (Å²) in [6.45, 7) is 3.83. The zero-order valence-corrected chi connectivity index (χ0v) is 8.84. The first-order valence-electron chi connectivity index (χ1n) is 4.79. The second kappa shape index (κ2) is 5.34. The number of ether oxygens (including phenoxy) is 1. The highest BCUT2D eigenvalue weighted by atomic mass is 19.1. The van der Waals surface area contributed by atoms with E-state index in [9.17, 15) is 9.18 Å². The molecule has 3 nitrogen and oxygen atoms in total. The molecule has 1 rings (SSSR count). The summed E-state index contributed by atoms with van der Waals surface area (Å²) in [6, 6.07) is 4.73. The molecule has 0 saturated heterocycles. The van der Waals surface area contributed by atoms with Gasteiger partial charge >= 0.3 is 5.97 Å². The van der Waals surface area contributed by atoms with Gasteiger partial charge in [0.2, 0.25) is 0 Å². The Labute approximate surface area is 88.2 Å². The van der Waals surface area contributed by atoms with E-state index in [2.05, 4.69) is 5.32 Å². The minimum atomic E-state index is -0.349. The van der Waals surface area contributed by atoms with Crippen LogP contribution < -0.4 is 5.32 Å². The van der Waals surface area contributed by atoms with Crippen molar-refractivity contribution in [3.63, 3.8) is 0 Å². The van der Waals surface area contributed by atoms with Gasteiger partial charge in [0.15, 0.2) is 0 Å². The summed E-state index contributed by atoms with van der Waals surface area (Å²) in [7, 11) is 0. The number of carbonyl (C=O) groups is 1. The van der Waals surface area contributed by atoms with Crippen molar-refractivity contribution in [2.45, 2.75) is 13.8 Å². The summed E-state index contributed by atoms with van der Waals surface area (Å²) in [5.74, 6) is -0.637. The van der Waals surface area contributed by atoms with Crippen LogP contribution in [0.2, 0.25) is 0 Å². The van der Waals surface area contributed by atoms with Crippen molar-refractivity contribution in [3.05, 3.63) is 29.6 Å². The molecule has 0 saturated carbocycles. The van der Waals surface area contributed by atoms with Crippen molar-refractivity contribution in [1.29, 1.82) is 0 Å². The number of hydrogen-bond acceptors (Lipinski definition) is 3. The number of esters is 1. The fourth-order valence-corrected chi connectivity index (χ4v) is 1.09. The summed E-state index contributed by atoms with van der Waals surface area (Å²) in [5, 5.41) is 2.78. The molecule has 0 spiro atoms. The largest absolute Gasteiger partial charge is 0.465 e. The van der Waals surface area contributed by atoms with Crippen LogP contribution in [0.15, 0.2) is 18.2 Å². The molecule has 4 heteroatoms. The monoisotopic (exact) mass is 211 g/mol. The standard InChI is InChI=1S/C11H14FNO2/c1-3-15-11(14)7-13-9-5-4-8(2)10(12)6-9/h4-6,13H,3,7H2,1-2H3. The number of carbonyl (C=O) groups excluding carboxylic acids is 1. The van der Waals surface area contributed by atoms with Gasteiger partial charge in [-0.25, -0.2) is 4.39 Å². The number of hydrogen-bond donors (Lipinski definition) is 1. The Kier molecular flexibility index (Phi) is 4.09. The van der Waals surface area contributed by atoms with Crippen molar-refractivity contribution < 1.29 is 13.9 Å². The third kappa shape index (κ3) is 3.58. The summed E-state index contributed by atoms with van der Waals surface area (Å²) in [5.41, 5.74) is 1.16. The van der Waals surface area contributed by atoms with Gasteiger partial charge in [-0.05, 0) is 31.5 Å². The first kappa shape index (κ1) is 11.5. The Morgan fingerprint density at radius 2 is 2.27 bits per heavy atom. The Balaban J connectivity index is 2.51. The molecule has 0 atom stereocenters. The summed E-state index contributed by atoms with van der Waals surface area (Å²) in [6.07, 6.45) is 0. The maximum atomic E-state index is 13.1. The lowest BCUT2D eigenvalue weighted by atomic mass is 10.2. The van der Waals surface area contributed by atoms with Crippen molar-refractivity contribution in [2.75, 3.05) is 18.5 Å². The van der Waals surface area contributed by atoms with Gasteiger partial charge in [-0.15, -0.1) is 0 Å². The zero-order valence-electron chi connectivity index (χ0n) is 8.84. The van der Waals surface area contributed by atoms with Gasteiger partial charge in [0.05, 0.1) is 6.61 Å². The van der Waals surface area contributed by atoms with Gasteiger partial charge in [-0.2, -0.15) is 0 Å². The predicted octanol–water partition coefficient (Wildman–Crippen LogP) is 2.11. The van der Waals surface area contributed by atoms with Crippen molar-refractivity contribution >= 4 is 11.7 Å². The van der Waals surface area contributed by atoms with Crippen molar-refractivity contribution in [1.82, 2.24) is 0 Å². The van der Waals surface area contributed by atoms with E-state index < -0.39 is 0 Å². The zero-order chi connectivity index (χ0) is 11.3. The van der Waals surface area contributed by atoms with E-state index in [1.807, 2.05) is 0 Å². The van der Waals surface area contributed by atoms with E-state index in [4.69, 9.17) is 4.74 Å². The van der Waals surface area contributed by atoms with Crippen LogP contribution >= 0.6 is 0 Å². The van der Waals surface area contributed by atoms with E-state index in [0.717, 1.165) is 0 Å². The molecule has 1 N–H and O–H groups in total. The third-order valence-electron chi connectivity index (χ3n) is 1.91. The van der Waals surface area contributed by atoms with Gasteiger partial charge in [-0.1, -0.05) is 6.07 Å². The molecule has 0 heterocycles.